The Balaban J connectivity index is 1.86. The Bertz CT molecular complexity index is 1040. The van der Waals surface area contributed by atoms with Crippen LogP contribution in [-0.2, 0) is 6.42 Å². The topological polar surface area (TPSA) is 71.8 Å². The molecular weight excluding hydrogens is 418 g/mol. The van der Waals surface area contributed by atoms with E-state index >= 15 is 0 Å². The van der Waals surface area contributed by atoms with E-state index in [1.54, 1.807) is 25.1 Å². The van der Waals surface area contributed by atoms with Gasteiger partial charge in [-0.2, -0.15) is 0 Å². The van der Waals surface area contributed by atoms with Gasteiger partial charge in [0.15, 0.2) is 17.5 Å². The molecule has 2 N–H and O–H groups in total. The van der Waals surface area contributed by atoms with Crippen LogP contribution in [0.25, 0.3) is 5.69 Å². The average molecular weight is 430 g/mol. The van der Waals surface area contributed by atoms with Crippen LogP contribution in [0.4, 0.5) is 18.9 Å². The third-order valence-electron chi connectivity index (χ3n) is 3.69. The summed E-state index contributed by atoms with van der Waals surface area (Å²) in [5.74, 6) is -5.18. The van der Waals surface area contributed by atoms with Gasteiger partial charge in [-0.05, 0) is 24.3 Å². The molecule has 0 atom stereocenters. The Kier molecular flexibility index (Phi) is 5.76. The molecule has 0 aliphatic carbocycles. The second-order valence-electron chi connectivity index (χ2n) is 5.49. The van der Waals surface area contributed by atoms with Crippen molar-refractivity contribution in [1.29, 1.82) is 0 Å². The predicted octanol–water partition coefficient (Wildman–Crippen LogP) is 4.31. The smallest absolute Gasteiger partial charge is 0.295 e. The zero-order valence-electron chi connectivity index (χ0n) is 14.2. The number of para-hydroxylation sites is 1. The van der Waals surface area contributed by atoms with Gasteiger partial charge in [-0.3, -0.25) is 15.6 Å². The van der Waals surface area contributed by atoms with Crippen LogP contribution in [0.2, 0.25) is 10.0 Å². The molecule has 6 nitrogen and oxygen atoms in total. The zero-order valence-corrected chi connectivity index (χ0v) is 15.7. The standard InChI is InChI=1S/C17H12Cl2F3N5O/c1-2-12-23-16(26-27(12)15-8(18)4-3-5-9(15)19)17(28)25-24-11-7-6-10(20)13(21)14(11)22/h3-7,24H,2H2,1H3,(H,25,28). The van der Waals surface area contributed by atoms with Crippen LogP contribution in [0, 0.1) is 17.5 Å². The van der Waals surface area contributed by atoms with Crippen molar-refractivity contribution in [3.63, 3.8) is 0 Å². The van der Waals surface area contributed by atoms with E-state index in [1.165, 1.54) is 4.68 Å². The molecule has 0 fully saturated rings. The summed E-state index contributed by atoms with van der Waals surface area (Å²) in [5.41, 5.74) is 4.19. The molecule has 0 saturated carbocycles. The fourth-order valence-corrected chi connectivity index (χ4v) is 2.90. The Labute approximate surface area is 167 Å². The molecule has 28 heavy (non-hydrogen) atoms. The maximum atomic E-state index is 13.7. The lowest BCUT2D eigenvalue weighted by molar-refractivity contribution is 0.0952. The molecule has 0 bridgehead atoms. The maximum absolute atomic E-state index is 13.7. The summed E-state index contributed by atoms with van der Waals surface area (Å²) in [7, 11) is 0. The molecule has 2 aromatic carbocycles. The first-order valence-electron chi connectivity index (χ1n) is 7.93. The lowest BCUT2D eigenvalue weighted by atomic mass is 10.3. The van der Waals surface area contributed by atoms with E-state index in [4.69, 9.17) is 23.2 Å². The minimum absolute atomic E-state index is 0.261. The van der Waals surface area contributed by atoms with E-state index in [0.717, 1.165) is 6.07 Å². The van der Waals surface area contributed by atoms with Crippen LogP contribution < -0.4 is 10.9 Å². The SMILES string of the molecule is CCc1nc(C(=O)NNc2ccc(F)c(F)c2F)nn1-c1c(Cl)cccc1Cl. The number of nitrogens with zero attached hydrogens (tertiary/aromatic N) is 3. The highest BCUT2D eigenvalue weighted by Crippen LogP contribution is 2.28. The Morgan fingerprint density at radius 1 is 1.11 bits per heavy atom. The van der Waals surface area contributed by atoms with E-state index in [2.05, 4.69) is 20.9 Å². The number of carbonyl (C=O) groups is 1. The van der Waals surface area contributed by atoms with Crippen molar-refractivity contribution in [2.45, 2.75) is 13.3 Å². The highest BCUT2D eigenvalue weighted by Gasteiger charge is 2.20. The van der Waals surface area contributed by atoms with Gasteiger partial charge in [0.05, 0.1) is 15.7 Å². The highest BCUT2D eigenvalue weighted by atomic mass is 35.5. The number of benzene rings is 2. The average Bonchev–Trinajstić information content (AvgIpc) is 3.09. The van der Waals surface area contributed by atoms with Gasteiger partial charge in [0, 0.05) is 6.42 Å². The van der Waals surface area contributed by atoms with Crippen molar-refractivity contribution in [3.8, 4) is 5.69 Å². The highest BCUT2D eigenvalue weighted by molar-refractivity contribution is 6.37. The monoisotopic (exact) mass is 429 g/mol. The van der Waals surface area contributed by atoms with E-state index in [1.807, 2.05) is 0 Å². The van der Waals surface area contributed by atoms with Crippen molar-refractivity contribution >= 4 is 34.8 Å². The fraction of sp³-hybridized carbons (Fsp3) is 0.118. The van der Waals surface area contributed by atoms with Gasteiger partial charge in [0.1, 0.15) is 11.5 Å². The minimum atomic E-state index is -1.66. The lowest BCUT2D eigenvalue weighted by Gasteiger charge is -2.09. The number of carbonyl (C=O) groups excluding carboxylic acids is 1. The first-order valence-corrected chi connectivity index (χ1v) is 8.69. The molecule has 11 heteroatoms. The van der Waals surface area contributed by atoms with Gasteiger partial charge in [-0.25, -0.2) is 22.8 Å². The van der Waals surface area contributed by atoms with E-state index < -0.39 is 29.0 Å². The third-order valence-corrected chi connectivity index (χ3v) is 4.30. The molecule has 3 rings (SSSR count). The van der Waals surface area contributed by atoms with Crippen LogP contribution >= 0.6 is 23.2 Å². The molecule has 0 spiro atoms. The summed E-state index contributed by atoms with van der Waals surface area (Å²) in [6, 6.07) is 6.52. The van der Waals surface area contributed by atoms with Crippen LogP contribution in [0.5, 0.6) is 0 Å². The van der Waals surface area contributed by atoms with Crippen molar-refractivity contribution in [2.75, 3.05) is 5.43 Å². The number of amides is 1. The summed E-state index contributed by atoms with van der Waals surface area (Å²) in [6.07, 6.45) is 0.410. The van der Waals surface area contributed by atoms with Crippen LogP contribution in [-0.4, -0.2) is 20.7 Å². The van der Waals surface area contributed by atoms with Crippen LogP contribution in [0.1, 0.15) is 23.4 Å². The zero-order chi connectivity index (χ0) is 20.4. The van der Waals surface area contributed by atoms with Gasteiger partial charge in [0.2, 0.25) is 5.82 Å². The summed E-state index contributed by atoms with van der Waals surface area (Å²) in [6.45, 7) is 1.79. The second kappa shape index (κ2) is 8.07. The molecule has 0 saturated heterocycles. The second-order valence-corrected chi connectivity index (χ2v) is 6.30. The Hall–Kier alpha value is -2.78. The number of hydrogen-bond donors (Lipinski definition) is 2. The van der Waals surface area contributed by atoms with Gasteiger partial charge < -0.3 is 0 Å². The molecule has 1 aromatic heterocycles. The lowest BCUT2D eigenvalue weighted by Crippen LogP contribution is -2.31. The van der Waals surface area contributed by atoms with E-state index in [-0.39, 0.29) is 5.82 Å². The first-order chi connectivity index (χ1) is 13.3. The van der Waals surface area contributed by atoms with Gasteiger partial charge in [0.25, 0.3) is 0 Å². The maximum Gasteiger partial charge on any atom is 0.309 e. The van der Waals surface area contributed by atoms with Gasteiger partial charge in [-0.1, -0.05) is 36.2 Å². The molecule has 0 aliphatic heterocycles. The quantitative estimate of drug-likeness (QED) is 0.468. The Morgan fingerprint density at radius 3 is 2.43 bits per heavy atom. The fourth-order valence-electron chi connectivity index (χ4n) is 2.34. The largest absolute Gasteiger partial charge is 0.309 e. The van der Waals surface area contributed by atoms with Gasteiger partial charge in [-0.15, -0.1) is 5.10 Å². The third kappa shape index (κ3) is 3.76. The molecule has 0 radical (unpaired) electrons. The molecule has 1 amide bonds. The molecule has 3 aromatic rings. The number of aromatic nitrogens is 3. The number of halogens is 5. The van der Waals surface area contributed by atoms with Crippen molar-refractivity contribution < 1.29 is 18.0 Å². The van der Waals surface area contributed by atoms with Crippen molar-refractivity contribution in [2.24, 2.45) is 0 Å². The van der Waals surface area contributed by atoms with Crippen LogP contribution in [0.15, 0.2) is 30.3 Å². The normalized spacial score (nSPS) is 10.8. The van der Waals surface area contributed by atoms with Crippen molar-refractivity contribution in [1.82, 2.24) is 20.2 Å². The summed E-state index contributed by atoms with van der Waals surface area (Å²) in [5, 5.41) is 4.71. The number of nitrogens with one attached hydrogen (secondary N) is 2. The molecule has 146 valence electrons. The number of anilines is 1. The number of rotatable bonds is 5. The number of hydrogen-bond acceptors (Lipinski definition) is 4. The van der Waals surface area contributed by atoms with Gasteiger partial charge >= 0.3 is 5.91 Å². The summed E-state index contributed by atoms with van der Waals surface area (Å²) in [4.78, 5) is 16.4. The van der Waals surface area contributed by atoms with E-state index in [0.29, 0.717) is 34.0 Å². The van der Waals surface area contributed by atoms with E-state index in [9.17, 15) is 18.0 Å². The molecule has 0 aliphatic rings. The van der Waals surface area contributed by atoms with Crippen molar-refractivity contribution in [3.05, 3.63) is 69.5 Å². The predicted molar refractivity (Wildman–Crippen MR) is 98.2 cm³/mol. The molecule has 0 unspecified atom stereocenters. The number of aryl methyl sites for hydroxylation is 1. The summed E-state index contributed by atoms with van der Waals surface area (Å²) >= 11 is 12.3. The Morgan fingerprint density at radius 2 is 1.79 bits per heavy atom. The molecular formula is C17H12Cl2F3N5O. The first kappa shape index (κ1) is 20.0. The van der Waals surface area contributed by atoms with Crippen LogP contribution in [0.3, 0.4) is 0 Å². The minimum Gasteiger partial charge on any atom is -0.295 e. The molecule has 1 heterocycles. The summed E-state index contributed by atoms with van der Waals surface area (Å²) < 4.78 is 41.2. The number of hydrazine groups is 1.